The molecule has 1 unspecified atom stereocenters. The number of benzene rings is 1. The molecule has 0 radical (unpaired) electrons. The van der Waals surface area contributed by atoms with Gasteiger partial charge >= 0.3 is 5.97 Å². The largest absolute Gasteiger partial charge is 0.462 e. The van der Waals surface area contributed by atoms with Crippen molar-refractivity contribution < 1.29 is 19.4 Å². The standard InChI is InChI=1S/C18H24O4/c19-17(12-15-6-2-1-3-7-15)14-21-10-5-4-8-16-9-11-22-18(20)13-16/h1-3,6-7,13,17,19H,4-5,8-12,14H2. The summed E-state index contributed by atoms with van der Waals surface area (Å²) in [5, 5.41) is 9.91. The van der Waals surface area contributed by atoms with Crippen LogP contribution in [-0.4, -0.2) is 37.0 Å². The summed E-state index contributed by atoms with van der Waals surface area (Å²) in [6.45, 7) is 1.51. The highest BCUT2D eigenvalue weighted by Crippen LogP contribution is 2.15. The Morgan fingerprint density at radius 1 is 1.23 bits per heavy atom. The van der Waals surface area contributed by atoms with Gasteiger partial charge in [-0.05, 0) is 24.8 Å². The highest BCUT2D eigenvalue weighted by molar-refractivity contribution is 5.83. The van der Waals surface area contributed by atoms with E-state index in [9.17, 15) is 9.90 Å². The SMILES string of the molecule is O=C1C=C(CCCCOCC(O)Cc2ccccc2)CCO1. The molecule has 22 heavy (non-hydrogen) atoms. The number of unbranched alkanes of at least 4 members (excludes halogenated alkanes) is 1. The van der Waals surface area contributed by atoms with Crippen molar-refractivity contribution in [1.82, 2.24) is 0 Å². The lowest BCUT2D eigenvalue weighted by atomic mass is 10.0. The number of hydrogen-bond donors (Lipinski definition) is 1. The van der Waals surface area contributed by atoms with Gasteiger partial charge in [0.25, 0.3) is 0 Å². The Balaban J connectivity index is 1.51. The third-order valence-corrected chi connectivity index (χ3v) is 3.65. The molecule has 120 valence electrons. The average molecular weight is 304 g/mol. The molecule has 1 aliphatic heterocycles. The molecule has 1 aromatic carbocycles. The van der Waals surface area contributed by atoms with Crippen LogP contribution in [0.4, 0.5) is 0 Å². The molecule has 0 bridgehead atoms. The maximum absolute atomic E-state index is 11.1. The first-order valence-electron chi connectivity index (χ1n) is 7.90. The van der Waals surface area contributed by atoms with Crippen molar-refractivity contribution in [2.24, 2.45) is 0 Å². The van der Waals surface area contributed by atoms with E-state index < -0.39 is 6.10 Å². The van der Waals surface area contributed by atoms with Crippen molar-refractivity contribution in [2.75, 3.05) is 19.8 Å². The minimum absolute atomic E-state index is 0.221. The predicted molar refractivity (Wildman–Crippen MR) is 84.5 cm³/mol. The zero-order valence-electron chi connectivity index (χ0n) is 12.9. The molecule has 0 aromatic heterocycles. The molecule has 0 aliphatic carbocycles. The van der Waals surface area contributed by atoms with Crippen LogP contribution in [0.5, 0.6) is 0 Å². The Kier molecular flexibility index (Phi) is 7.13. The Hall–Kier alpha value is -1.65. The first kappa shape index (κ1) is 16.7. The monoisotopic (exact) mass is 304 g/mol. The summed E-state index contributed by atoms with van der Waals surface area (Å²) in [5.41, 5.74) is 2.29. The van der Waals surface area contributed by atoms with Crippen LogP contribution in [0, 0.1) is 0 Å². The van der Waals surface area contributed by atoms with Crippen molar-refractivity contribution in [1.29, 1.82) is 0 Å². The predicted octanol–water partition coefficient (Wildman–Crippen LogP) is 2.65. The number of ether oxygens (including phenoxy) is 2. The molecule has 0 saturated carbocycles. The van der Waals surface area contributed by atoms with Gasteiger partial charge in [0.1, 0.15) is 0 Å². The van der Waals surface area contributed by atoms with Crippen molar-refractivity contribution in [3.63, 3.8) is 0 Å². The number of carbonyl (C=O) groups excluding carboxylic acids is 1. The topological polar surface area (TPSA) is 55.8 Å². The van der Waals surface area contributed by atoms with E-state index in [0.29, 0.717) is 26.2 Å². The van der Waals surface area contributed by atoms with E-state index in [1.807, 2.05) is 30.3 Å². The van der Waals surface area contributed by atoms with Gasteiger partial charge in [-0.2, -0.15) is 0 Å². The summed E-state index contributed by atoms with van der Waals surface area (Å²) < 4.78 is 10.4. The van der Waals surface area contributed by atoms with Gasteiger partial charge in [0.2, 0.25) is 0 Å². The van der Waals surface area contributed by atoms with Crippen LogP contribution in [0.15, 0.2) is 42.0 Å². The second-order valence-electron chi connectivity index (χ2n) is 5.60. The lowest BCUT2D eigenvalue weighted by molar-refractivity contribution is -0.138. The fraction of sp³-hybridized carbons (Fsp3) is 0.500. The molecule has 1 heterocycles. The summed E-state index contributed by atoms with van der Waals surface area (Å²) in [6.07, 6.45) is 5.47. The summed E-state index contributed by atoms with van der Waals surface area (Å²) in [5.74, 6) is -0.221. The molecule has 0 fully saturated rings. The van der Waals surface area contributed by atoms with Crippen molar-refractivity contribution in [3.05, 3.63) is 47.5 Å². The molecular formula is C18H24O4. The summed E-state index contributed by atoms with van der Waals surface area (Å²) in [4.78, 5) is 11.1. The van der Waals surface area contributed by atoms with Gasteiger partial charge in [0.15, 0.2) is 0 Å². The van der Waals surface area contributed by atoms with E-state index >= 15 is 0 Å². The molecule has 0 spiro atoms. The Labute approximate surface area is 131 Å². The molecule has 0 amide bonds. The van der Waals surface area contributed by atoms with E-state index in [0.717, 1.165) is 31.2 Å². The van der Waals surface area contributed by atoms with E-state index in [1.165, 1.54) is 5.57 Å². The molecule has 4 nitrogen and oxygen atoms in total. The molecule has 1 aromatic rings. The molecule has 0 saturated heterocycles. The Morgan fingerprint density at radius 2 is 2.05 bits per heavy atom. The lowest BCUT2D eigenvalue weighted by Crippen LogP contribution is -2.18. The van der Waals surface area contributed by atoms with E-state index in [4.69, 9.17) is 9.47 Å². The fourth-order valence-corrected chi connectivity index (χ4v) is 2.48. The van der Waals surface area contributed by atoms with Crippen LogP contribution in [-0.2, 0) is 20.7 Å². The van der Waals surface area contributed by atoms with Gasteiger partial charge in [0, 0.05) is 25.5 Å². The van der Waals surface area contributed by atoms with Gasteiger partial charge in [-0.25, -0.2) is 4.79 Å². The minimum atomic E-state index is -0.460. The summed E-state index contributed by atoms with van der Waals surface area (Å²) >= 11 is 0. The maximum atomic E-state index is 11.1. The van der Waals surface area contributed by atoms with Gasteiger partial charge < -0.3 is 14.6 Å². The number of aliphatic hydroxyl groups excluding tert-OH is 1. The van der Waals surface area contributed by atoms with E-state index in [1.54, 1.807) is 6.08 Å². The van der Waals surface area contributed by atoms with Crippen molar-refractivity contribution in [2.45, 2.75) is 38.2 Å². The molecular weight excluding hydrogens is 280 g/mol. The molecule has 1 N–H and O–H groups in total. The number of esters is 1. The second kappa shape index (κ2) is 9.38. The first-order valence-corrected chi connectivity index (χ1v) is 7.90. The number of rotatable bonds is 9. The zero-order valence-corrected chi connectivity index (χ0v) is 12.9. The Bertz CT molecular complexity index is 481. The van der Waals surface area contributed by atoms with Crippen LogP contribution in [0.25, 0.3) is 0 Å². The second-order valence-corrected chi connectivity index (χ2v) is 5.60. The highest BCUT2D eigenvalue weighted by Gasteiger charge is 2.10. The van der Waals surface area contributed by atoms with Gasteiger partial charge in [-0.15, -0.1) is 0 Å². The van der Waals surface area contributed by atoms with Crippen molar-refractivity contribution in [3.8, 4) is 0 Å². The minimum Gasteiger partial charge on any atom is -0.462 e. The molecule has 1 aliphatic rings. The number of hydrogen-bond acceptors (Lipinski definition) is 4. The molecule has 4 heteroatoms. The van der Waals surface area contributed by atoms with Crippen LogP contribution in [0.1, 0.15) is 31.2 Å². The third-order valence-electron chi connectivity index (χ3n) is 3.65. The summed E-state index contributed by atoms with van der Waals surface area (Å²) in [7, 11) is 0. The van der Waals surface area contributed by atoms with Gasteiger partial charge in [0.05, 0.1) is 19.3 Å². The Morgan fingerprint density at radius 3 is 2.82 bits per heavy atom. The zero-order chi connectivity index (χ0) is 15.6. The van der Waals surface area contributed by atoms with Gasteiger partial charge in [-0.3, -0.25) is 0 Å². The quantitative estimate of drug-likeness (QED) is 0.563. The van der Waals surface area contributed by atoms with Gasteiger partial charge in [-0.1, -0.05) is 35.9 Å². The van der Waals surface area contributed by atoms with E-state index in [-0.39, 0.29) is 5.97 Å². The number of aliphatic hydroxyl groups is 1. The highest BCUT2D eigenvalue weighted by atomic mass is 16.5. The normalized spacial score (nSPS) is 16.0. The van der Waals surface area contributed by atoms with Crippen molar-refractivity contribution >= 4 is 5.97 Å². The van der Waals surface area contributed by atoms with Crippen LogP contribution in [0.2, 0.25) is 0 Å². The summed E-state index contributed by atoms with van der Waals surface area (Å²) in [6, 6.07) is 9.92. The fourth-order valence-electron chi connectivity index (χ4n) is 2.48. The lowest BCUT2D eigenvalue weighted by Gasteiger charge is -2.13. The van der Waals surface area contributed by atoms with Crippen LogP contribution in [0.3, 0.4) is 0 Å². The number of carbonyl (C=O) groups is 1. The smallest absolute Gasteiger partial charge is 0.330 e. The van der Waals surface area contributed by atoms with Crippen LogP contribution < -0.4 is 0 Å². The molecule has 1 atom stereocenters. The molecule has 2 rings (SSSR count). The maximum Gasteiger partial charge on any atom is 0.330 e. The third kappa shape index (κ3) is 6.41. The average Bonchev–Trinajstić information content (AvgIpc) is 2.52. The first-order chi connectivity index (χ1) is 10.7. The van der Waals surface area contributed by atoms with Crippen LogP contribution >= 0.6 is 0 Å². The number of cyclic esters (lactones) is 1. The van der Waals surface area contributed by atoms with E-state index in [2.05, 4.69) is 0 Å².